The Morgan fingerprint density at radius 1 is 1.00 bits per heavy atom. The van der Waals surface area contributed by atoms with Crippen LogP contribution < -0.4 is 0 Å². The van der Waals surface area contributed by atoms with Gasteiger partial charge in [-0.3, -0.25) is 0 Å². The van der Waals surface area contributed by atoms with Crippen molar-refractivity contribution in [3.05, 3.63) is 76.8 Å². The third-order valence-electron chi connectivity index (χ3n) is 7.80. The second-order valence-corrected chi connectivity index (χ2v) is 10.7. The molecule has 0 heterocycles. The summed E-state index contributed by atoms with van der Waals surface area (Å²) < 4.78 is 0. The molecule has 0 aliphatic heterocycles. The van der Waals surface area contributed by atoms with E-state index in [1.807, 2.05) is 0 Å². The number of allylic oxidation sites excluding steroid dienone is 1. The SMILES string of the molecule is C=C(CCCC1(CCC)CC(CCC)CC(c2ccccc2)C1)c1ccc(CC)c(Cl)c1. The predicted molar refractivity (Wildman–Crippen MR) is 142 cm³/mol. The van der Waals surface area contributed by atoms with Crippen molar-refractivity contribution in [2.45, 2.75) is 97.3 Å². The first kappa shape index (κ1) is 25.1. The number of halogens is 1. The lowest BCUT2D eigenvalue weighted by Gasteiger charge is -2.45. The molecule has 1 fully saturated rings. The van der Waals surface area contributed by atoms with E-state index >= 15 is 0 Å². The van der Waals surface area contributed by atoms with E-state index in [1.54, 1.807) is 5.56 Å². The molecule has 0 spiro atoms. The van der Waals surface area contributed by atoms with E-state index < -0.39 is 0 Å². The lowest BCUT2D eigenvalue weighted by Crippen LogP contribution is -2.33. The van der Waals surface area contributed by atoms with Crippen LogP contribution in [0.15, 0.2) is 55.1 Å². The van der Waals surface area contributed by atoms with Gasteiger partial charge in [0.15, 0.2) is 0 Å². The van der Waals surface area contributed by atoms with Crippen LogP contribution in [0.5, 0.6) is 0 Å². The van der Waals surface area contributed by atoms with Gasteiger partial charge in [-0.15, -0.1) is 0 Å². The molecule has 0 N–H and O–H groups in total. The highest BCUT2D eigenvalue weighted by Gasteiger charge is 2.39. The molecule has 3 rings (SSSR count). The van der Waals surface area contributed by atoms with Crippen molar-refractivity contribution < 1.29 is 0 Å². The summed E-state index contributed by atoms with van der Waals surface area (Å²) in [5.74, 6) is 1.59. The third-order valence-corrected chi connectivity index (χ3v) is 8.15. The molecule has 0 radical (unpaired) electrons. The van der Waals surface area contributed by atoms with Crippen LogP contribution in [0.4, 0.5) is 0 Å². The average Bonchev–Trinajstić information content (AvgIpc) is 2.79. The van der Waals surface area contributed by atoms with E-state index in [0.717, 1.165) is 29.7 Å². The smallest absolute Gasteiger partial charge is 0.0443 e. The van der Waals surface area contributed by atoms with E-state index in [-0.39, 0.29) is 0 Å². The van der Waals surface area contributed by atoms with Crippen LogP contribution in [-0.2, 0) is 6.42 Å². The lowest BCUT2D eigenvalue weighted by atomic mass is 9.59. The van der Waals surface area contributed by atoms with Crippen LogP contribution in [-0.4, -0.2) is 0 Å². The summed E-state index contributed by atoms with van der Waals surface area (Å²) in [5.41, 5.74) is 5.72. The molecule has 174 valence electrons. The highest BCUT2D eigenvalue weighted by Crippen LogP contribution is 2.53. The average molecular weight is 451 g/mol. The van der Waals surface area contributed by atoms with Crippen molar-refractivity contribution in [2.75, 3.05) is 0 Å². The Hall–Kier alpha value is -1.53. The summed E-state index contributed by atoms with van der Waals surface area (Å²) in [6.07, 6.45) is 14.1. The first-order valence-electron chi connectivity index (χ1n) is 13.0. The second kappa shape index (κ2) is 12.1. The van der Waals surface area contributed by atoms with Gasteiger partial charge < -0.3 is 0 Å². The van der Waals surface area contributed by atoms with Gasteiger partial charge in [-0.2, -0.15) is 0 Å². The maximum absolute atomic E-state index is 6.47. The van der Waals surface area contributed by atoms with Crippen molar-refractivity contribution in [2.24, 2.45) is 11.3 Å². The molecule has 0 bridgehead atoms. The molecule has 1 saturated carbocycles. The molecule has 1 aliphatic rings. The number of rotatable bonds is 11. The van der Waals surface area contributed by atoms with Crippen LogP contribution in [0.25, 0.3) is 5.57 Å². The molecule has 0 amide bonds. The quantitative estimate of drug-likeness (QED) is 0.319. The van der Waals surface area contributed by atoms with E-state index in [9.17, 15) is 0 Å². The Bertz CT molecular complexity index is 852. The largest absolute Gasteiger partial charge is 0.0952 e. The first-order chi connectivity index (χ1) is 15.5. The molecule has 1 heteroatoms. The molecule has 32 heavy (non-hydrogen) atoms. The molecular formula is C31H43Cl. The molecule has 1 aliphatic carbocycles. The second-order valence-electron chi connectivity index (χ2n) is 10.3. The fraction of sp³-hybridized carbons (Fsp3) is 0.548. The summed E-state index contributed by atoms with van der Waals surface area (Å²) >= 11 is 6.47. The van der Waals surface area contributed by atoms with Crippen LogP contribution >= 0.6 is 11.6 Å². The topological polar surface area (TPSA) is 0 Å². The van der Waals surface area contributed by atoms with Gasteiger partial charge in [-0.25, -0.2) is 0 Å². The van der Waals surface area contributed by atoms with Gasteiger partial charge in [-0.05, 0) is 96.9 Å². The van der Waals surface area contributed by atoms with Gasteiger partial charge in [0.25, 0.3) is 0 Å². The Kier molecular flexibility index (Phi) is 9.47. The minimum atomic E-state index is 0.483. The van der Waals surface area contributed by atoms with Gasteiger partial charge >= 0.3 is 0 Å². The summed E-state index contributed by atoms with van der Waals surface area (Å²) in [5, 5.41) is 0.883. The predicted octanol–water partition coefficient (Wildman–Crippen LogP) is 10.3. The lowest BCUT2D eigenvalue weighted by molar-refractivity contribution is 0.0894. The molecule has 0 saturated heterocycles. The van der Waals surface area contributed by atoms with Crippen molar-refractivity contribution in [3.63, 3.8) is 0 Å². The molecule has 2 aromatic rings. The first-order valence-corrected chi connectivity index (χ1v) is 13.4. The summed E-state index contributed by atoms with van der Waals surface area (Å²) in [6.45, 7) is 11.3. The summed E-state index contributed by atoms with van der Waals surface area (Å²) in [7, 11) is 0. The maximum Gasteiger partial charge on any atom is 0.0443 e. The van der Waals surface area contributed by atoms with Crippen molar-refractivity contribution in [1.29, 1.82) is 0 Å². The summed E-state index contributed by atoms with van der Waals surface area (Å²) in [4.78, 5) is 0. The summed E-state index contributed by atoms with van der Waals surface area (Å²) in [6, 6.07) is 17.8. The number of hydrogen-bond donors (Lipinski definition) is 0. The Morgan fingerprint density at radius 3 is 2.44 bits per heavy atom. The van der Waals surface area contributed by atoms with E-state index in [0.29, 0.717) is 5.41 Å². The van der Waals surface area contributed by atoms with Gasteiger partial charge in [0.2, 0.25) is 0 Å². The molecule has 0 aromatic heterocycles. The number of aryl methyl sites for hydroxylation is 1. The Morgan fingerprint density at radius 2 is 1.78 bits per heavy atom. The standard InChI is InChI=1S/C31H43Cl/c1-5-12-25-20-29(27-14-9-8-10-15-27)23-31(22-25,18-6-2)19-11-13-24(4)28-17-16-26(7-3)30(32)21-28/h8-10,14-17,21,25,29H,4-7,11-13,18-20,22-23H2,1-3H3. The van der Waals surface area contributed by atoms with Crippen LogP contribution in [0, 0.1) is 11.3 Å². The van der Waals surface area contributed by atoms with Crippen molar-refractivity contribution in [1.82, 2.24) is 0 Å². The van der Waals surface area contributed by atoms with Gasteiger partial charge in [0, 0.05) is 5.02 Å². The fourth-order valence-electron chi connectivity index (χ4n) is 6.33. The molecule has 3 atom stereocenters. The van der Waals surface area contributed by atoms with Crippen LogP contribution in [0.2, 0.25) is 5.02 Å². The monoisotopic (exact) mass is 450 g/mol. The minimum Gasteiger partial charge on any atom is -0.0952 e. The minimum absolute atomic E-state index is 0.483. The van der Waals surface area contributed by atoms with E-state index in [2.05, 4.69) is 75.9 Å². The molecule has 2 aromatic carbocycles. The fourth-order valence-corrected chi connectivity index (χ4v) is 6.65. The van der Waals surface area contributed by atoms with Crippen LogP contribution in [0.1, 0.15) is 108 Å². The zero-order valence-electron chi connectivity index (χ0n) is 20.6. The van der Waals surface area contributed by atoms with E-state index in [4.69, 9.17) is 11.6 Å². The maximum atomic E-state index is 6.47. The number of benzene rings is 2. The van der Waals surface area contributed by atoms with Gasteiger partial charge in [-0.1, -0.05) is 101 Å². The van der Waals surface area contributed by atoms with Gasteiger partial charge in [0.1, 0.15) is 0 Å². The van der Waals surface area contributed by atoms with Crippen molar-refractivity contribution >= 4 is 17.2 Å². The Labute approximate surface area is 202 Å². The molecule has 0 nitrogen and oxygen atoms in total. The zero-order chi connectivity index (χ0) is 23.0. The molecular weight excluding hydrogens is 408 g/mol. The highest BCUT2D eigenvalue weighted by atomic mass is 35.5. The third kappa shape index (κ3) is 6.50. The normalized spacial score (nSPS) is 23.2. The highest BCUT2D eigenvalue weighted by molar-refractivity contribution is 6.31. The van der Waals surface area contributed by atoms with Gasteiger partial charge in [0.05, 0.1) is 0 Å². The number of hydrogen-bond acceptors (Lipinski definition) is 0. The Balaban J connectivity index is 1.70. The zero-order valence-corrected chi connectivity index (χ0v) is 21.4. The van der Waals surface area contributed by atoms with Crippen LogP contribution in [0.3, 0.4) is 0 Å². The van der Waals surface area contributed by atoms with Crippen molar-refractivity contribution in [3.8, 4) is 0 Å². The molecule has 3 unspecified atom stereocenters. The van der Waals surface area contributed by atoms with E-state index in [1.165, 1.54) is 74.5 Å².